The molecule has 0 N–H and O–H groups in total. The van der Waals surface area contributed by atoms with Gasteiger partial charge in [0.1, 0.15) is 5.75 Å². The molecule has 0 atom stereocenters. The Bertz CT molecular complexity index is 1130. The lowest BCUT2D eigenvalue weighted by molar-refractivity contribution is 0.384. The summed E-state index contributed by atoms with van der Waals surface area (Å²) >= 11 is 1.61. The fourth-order valence-corrected chi connectivity index (χ4v) is 5.88. The zero-order valence-electron chi connectivity index (χ0n) is 17.3. The number of ether oxygens (including phenoxy) is 1. The van der Waals surface area contributed by atoms with E-state index in [1.54, 1.807) is 47.0 Å². The van der Waals surface area contributed by atoms with Gasteiger partial charge in [-0.15, -0.1) is 11.3 Å². The van der Waals surface area contributed by atoms with Crippen molar-refractivity contribution >= 4 is 26.5 Å². The molecule has 0 unspecified atom stereocenters. The summed E-state index contributed by atoms with van der Waals surface area (Å²) < 4.78 is 32.5. The van der Waals surface area contributed by atoms with Crippen molar-refractivity contribution in [3.8, 4) is 17.0 Å². The minimum atomic E-state index is -3.51. The second-order valence-corrected chi connectivity index (χ2v) is 10.1. The molecule has 2 heterocycles. The Hall–Kier alpha value is -2.42. The van der Waals surface area contributed by atoms with Crippen LogP contribution in [0.5, 0.6) is 5.75 Å². The highest BCUT2D eigenvalue weighted by atomic mass is 32.2. The summed E-state index contributed by atoms with van der Waals surface area (Å²) in [5.41, 5.74) is 4.62. The number of sulfonamides is 1. The molecule has 3 aromatic rings. The van der Waals surface area contributed by atoms with Crippen molar-refractivity contribution in [1.29, 1.82) is 0 Å². The van der Waals surface area contributed by atoms with Crippen LogP contribution in [0.15, 0.2) is 52.7 Å². The summed E-state index contributed by atoms with van der Waals surface area (Å²) in [6, 6.07) is 12.8. The van der Waals surface area contributed by atoms with Gasteiger partial charge in [0.15, 0.2) is 5.13 Å². The van der Waals surface area contributed by atoms with E-state index in [1.165, 1.54) is 11.1 Å². The van der Waals surface area contributed by atoms with Crippen molar-refractivity contribution in [1.82, 2.24) is 9.29 Å². The van der Waals surface area contributed by atoms with Gasteiger partial charge in [-0.1, -0.05) is 18.2 Å². The molecule has 0 amide bonds. The van der Waals surface area contributed by atoms with Crippen molar-refractivity contribution in [2.75, 3.05) is 38.2 Å². The number of aryl methyl sites for hydroxylation is 1. The molecule has 1 fully saturated rings. The molecule has 1 aromatic heterocycles. The first kappa shape index (κ1) is 20.8. The van der Waals surface area contributed by atoms with Crippen molar-refractivity contribution in [2.45, 2.75) is 18.7 Å². The van der Waals surface area contributed by atoms with Gasteiger partial charge in [-0.05, 0) is 49.2 Å². The molecule has 2 aromatic carbocycles. The number of thiazole rings is 1. The molecule has 0 bridgehead atoms. The van der Waals surface area contributed by atoms with Gasteiger partial charge >= 0.3 is 0 Å². The van der Waals surface area contributed by atoms with Crippen LogP contribution in [-0.4, -0.2) is 51.0 Å². The molecule has 0 aliphatic carbocycles. The monoisotopic (exact) mass is 443 g/mol. The zero-order valence-corrected chi connectivity index (χ0v) is 19.0. The highest BCUT2D eigenvalue weighted by Gasteiger charge is 2.29. The summed E-state index contributed by atoms with van der Waals surface area (Å²) in [4.78, 5) is 7.29. The second kappa shape index (κ2) is 8.37. The van der Waals surface area contributed by atoms with E-state index < -0.39 is 10.0 Å². The molecule has 1 saturated heterocycles. The SMILES string of the molecule is COc1ccc(S(=O)(=O)N2CCN(c3nc(-c4cccc(C)c4C)cs3)CC2)cc1. The Labute approximate surface area is 181 Å². The molecular weight excluding hydrogens is 418 g/mol. The van der Waals surface area contributed by atoms with Crippen LogP contribution in [0.2, 0.25) is 0 Å². The smallest absolute Gasteiger partial charge is 0.243 e. The van der Waals surface area contributed by atoms with Crippen LogP contribution in [0, 0.1) is 13.8 Å². The third-order valence-corrected chi connectivity index (χ3v) is 8.39. The van der Waals surface area contributed by atoms with Crippen LogP contribution in [-0.2, 0) is 10.0 Å². The van der Waals surface area contributed by atoms with Crippen molar-refractivity contribution in [3.63, 3.8) is 0 Å². The number of anilines is 1. The van der Waals surface area contributed by atoms with Gasteiger partial charge < -0.3 is 9.64 Å². The quantitative estimate of drug-likeness (QED) is 0.598. The van der Waals surface area contributed by atoms with Gasteiger partial charge in [0.05, 0.1) is 17.7 Å². The Morgan fingerprint density at radius 3 is 2.37 bits per heavy atom. The fraction of sp³-hybridized carbons (Fsp3) is 0.318. The van der Waals surface area contributed by atoms with E-state index in [4.69, 9.17) is 9.72 Å². The van der Waals surface area contributed by atoms with E-state index in [9.17, 15) is 8.42 Å². The summed E-state index contributed by atoms with van der Waals surface area (Å²) in [5.74, 6) is 0.641. The first-order valence-corrected chi connectivity index (χ1v) is 12.1. The van der Waals surface area contributed by atoms with Crippen LogP contribution >= 0.6 is 11.3 Å². The molecular formula is C22H25N3O3S2. The molecule has 30 heavy (non-hydrogen) atoms. The standard InChI is InChI=1S/C22H25N3O3S2/c1-16-5-4-6-20(17(16)2)21-15-29-22(23-21)24-11-13-25(14-12-24)30(26,27)19-9-7-18(28-3)8-10-19/h4-10,15H,11-14H2,1-3H3. The van der Waals surface area contributed by atoms with E-state index in [2.05, 4.69) is 42.3 Å². The molecule has 0 spiro atoms. The minimum absolute atomic E-state index is 0.295. The fourth-order valence-electron chi connectivity index (χ4n) is 3.58. The number of nitrogens with zero attached hydrogens (tertiary/aromatic N) is 3. The number of hydrogen-bond acceptors (Lipinski definition) is 6. The minimum Gasteiger partial charge on any atom is -0.497 e. The molecule has 0 saturated carbocycles. The lowest BCUT2D eigenvalue weighted by atomic mass is 10.0. The lowest BCUT2D eigenvalue weighted by Gasteiger charge is -2.33. The van der Waals surface area contributed by atoms with Crippen LogP contribution in [0.3, 0.4) is 0 Å². The first-order valence-electron chi connectivity index (χ1n) is 9.81. The van der Waals surface area contributed by atoms with E-state index in [0.29, 0.717) is 36.8 Å². The van der Waals surface area contributed by atoms with Crippen LogP contribution in [0.25, 0.3) is 11.3 Å². The van der Waals surface area contributed by atoms with Crippen molar-refractivity contribution < 1.29 is 13.2 Å². The molecule has 8 heteroatoms. The number of hydrogen-bond donors (Lipinski definition) is 0. The Balaban J connectivity index is 1.46. The largest absolute Gasteiger partial charge is 0.497 e. The number of piperazine rings is 1. The highest BCUT2D eigenvalue weighted by Crippen LogP contribution is 2.31. The van der Waals surface area contributed by atoms with Gasteiger partial charge in [0.2, 0.25) is 10.0 Å². The lowest BCUT2D eigenvalue weighted by Crippen LogP contribution is -2.48. The van der Waals surface area contributed by atoms with Gasteiger partial charge in [-0.2, -0.15) is 4.31 Å². The van der Waals surface area contributed by atoms with Gasteiger partial charge in [0, 0.05) is 37.1 Å². The predicted octanol–water partition coefficient (Wildman–Crippen LogP) is 3.95. The summed E-state index contributed by atoms with van der Waals surface area (Å²) in [5, 5.41) is 3.02. The first-order chi connectivity index (χ1) is 14.4. The van der Waals surface area contributed by atoms with Gasteiger partial charge in [-0.25, -0.2) is 13.4 Å². The Morgan fingerprint density at radius 2 is 1.70 bits per heavy atom. The number of benzene rings is 2. The Morgan fingerprint density at radius 1 is 1.00 bits per heavy atom. The third kappa shape index (κ3) is 3.95. The number of methoxy groups -OCH3 is 1. The van der Waals surface area contributed by atoms with E-state index in [1.807, 2.05) is 0 Å². The topological polar surface area (TPSA) is 62.7 Å². The molecule has 1 aliphatic rings. The number of rotatable bonds is 5. The highest BCUT2D eigenvalue weighted by molar-refractivity contribution is 7.89. The molecule has 6 nitrogen and oxygen atoms in total. The van der Waals surface area contributed by atoms with Crippen LogP contribution < -0.4 is 9.64 Å². The third-order valence-electron chi connectivity index (χ3n) is 5.58. The molecule has 158 valence electrons. The van der Waals surface area contributed by atoms with Crippen molar-refractivity contribution in [2.24, 2.45) is 0 Å². The average molecular weight is 444 g/mol. The molecule has 4 rings (SSSR count). The normalized spacial score (nSPS) is 15.4. The van der Waals surface area contributed by atoms with E-state index in [0.717, 1.165) is 16.4 Å². The van der Waals surface area contributed by atoms with Gasteiger partial charge in [-0.3, -0.25) is 0 Å². The predicted molar refractivity (Wildman–Crippen MR) is 121 cm³/mol. The maximum absolute atomic E-state index is 12.9. The van der Waals surface area contributed by atoms with Crippen molar-refractivity contribution in [3.05, 3.63) is 59.0 Å². The van der Waals surface area contributed by atoms with Crippen LogP contribution in [0.4, 0.5) is 5.13 Å². The van der Waals surface area contributed by atoms with Crippen LogP contribution in [0.1, 0.15) is 11.1 Å². The summed E-state index contributed by atoms with van der Waals surface area (Å²) in [6.07, 6.45) is 0. The van der Waals surface area contributed by atoms with E-state index >= 15 is 0 Å². The average Bonchev–Trinajstić information content (AvgIpc) is 3.26. The Kier molecular flexibility index (Phi) is 5.81. The van der Waals surface area contributed by atoms with Gasteiger partial charge in [0.25, 0.3) is 0 Å². The summed E-state index contributed by atoms with van der Waals surface area (Å²) in [6.45, 7) is 6.34. The number of aromatic nitrogens is 1. The molecule has 1 aliphatic heterocycles. The second-order valence-electron chi connectivity index (χ2n) is 7.33. The maximum Gasteiger partial charge on any atom is 0.243 e. The summed E-state index contributed by atoms with van der Waals surface area (Å²) in [7, 11) is -1.94. The molecule has 0 radical (unpaired) electrons. The zero-order chi connectivity index (χ0) is 21.3. The maximum atomic E-state index is 12.9. The van der Waals surface area contributed by atoms with E-state index in [-0.39, 0.29) is 0 Å².